The first kappa shape index (κ1) is 9.88. The first-order chi connectivity index (χ1) is 5.35. The van der Waals surface area contributed by atoms with E-state index in [2.05, 4.69) is 6.58 Å². The summed E-state index contributed by atoms with van der Waals surface area (Å²) < 4.78 is 14.8. The van der Waals surface area contributed by atoms with Gasteiger partial charge in [0.05, 0.1) is 19.5 Å². The third-order valence-corrected chi connectivity index (χ3v) is 0.832. The van der Waals surface area contributed by atoms with Crippen molar-refractivity contribution in [2.75, 3.05) is 13.2 Å². The standard InChI is InChI=1S/C8H14O3/c1-4-9-7-8(10-5-2)11-6-3/h5,7H,2,4,6H2,1,3H3/b8-7+. The van der Waals surface area contributed by atoms with Gasteiger partial charge in [0.2, 0.25) is 0 Å². The van der Waals surface area contributed by atoms with Crippen LogP contribution in [0.15, 0.2) is 25.0 Å². The number of rotatable bonds is 6. The molecule has 0 aromatic heterocycles. The molecule has 0 unspecified atom stereocenters. The highest BCUT2D eigenvalue weighted by molar-refractivity contribution is 4.78. The maximum atomic E-state index is 5.03. The van der Waals surface area contributed by atoms with Crippen LogP contribution < -0.4 is 0 Å². The Morgan fingerprint density at radius 3 is 2.55 bits per heavy atom. The van der Waals surface area contributed by atoms with E-state index >= 15 is 0 Å². The third-order valence-electron chi connectivity index (χ3n) is 0.832. The van der Waals surface area contributed by atoms with Crippen molar-refractivity contribution in [1.82, 2.24) is 0 Å². The van der Waals surface area contributed by atoms with Gasteiger partial charge in [0.15, 0.2) is 6.26 Å². The zero-order valence-corrected chi connectivity index (χ0v) is 7.00. The lowest BCUT2D eigenvalue weighted by Gasteiger charge is -2.05. The van der Waals surface area contributed by atoms with Crippen LogP contribution in [0.25, 0.3) is 0 Å². The summed E-state index contributed by atoms with van der Waals surface area (Å²) in [6.45, 7) is 8.29. The zero-order valence-electron chi connectivity index (χ0n) is 7.00. The van der Waals surface area contributed by atoms with Crippen LogP contribution in [0.4, 0.5) is 0 Å². The summed E-state index contributed by atoms with van der Waals surface area (Å²) in [6.07, 6.45) is 2.71. The maximum absolute atomic E-state index is 5.03. The Labute approximate surface area is 67.3 Å². The van der Waals surface area contributed by atoms with E-state index in [-0.39, 0.29) is 0 Å². The zero-order chi connectivity index (χ0) is 8.53. The molecule has 0 bridgehead atoms. The van der Waals surface area contributed by atoms with Crippen LogP contribution >= 0.6 is 0 Å². The van der Waals surface area contributed by atoms with Crippen molar-refractivity contribution in [1.29, 1.82) is 0 Å². The SMILES string of the molecule is C=CO/C(=C\OCC)OCC. The molecule has 0 aliphatic heterocycles. The summed E-state index contributed by atoms with van der Waals surface area (Å²) in [5.41, 5.74) is 0. The molecule has 3 heteroatoms. The van der Waals surface area contributed by atoms with Gasteiger partial charge in [0, 0.05) is 0 Å². The molecule has 64 valence electrons. The molecule has 0 radical (unpaired) electrons. The second-order valence-corrected chi connectivity index (χ2v) is 1.61. The Balaban J connectivity index is 3.74. The van der Waals surface area contributed by atoms with Gasteiger partial charge in [-0.3, -0.25) is 0 Å². The van der Waals surface area contributed by atoms with Gasteiger partial charge in [-0.25, -0.2) is 0 Å². The largest absolute Gasteiger partial charge is 0.494 e. The average Bonchev–Trinajstić information content (AvgIpc) is 2.01. The molecule has 0 saturated heterocycles. The minimum Gasteiger partial charge on any atom is -0.494 e. The predicted octanol–water partition coefficient (Wildman–Crippen LogP) is 2.02. The average molecular weight is 158 g/mol. The Kier molecular flexibility index (Phi) is 6.28. The van der Waals surface area contributed by atoms with Crippen LogP contribution in [0.1, 0.15) is 13.8 Å². The minimum absolute atomic E-state index is 0.337. The van der Waals surface area contributed by atoms with Gasteiger partial charge in [0.1, 0.15) is 0 Å². The molecule has 0 aliphatic carbocycles. The van der Waals surface area contributed by atoms with Crippen molar-refractivity contribution in [2.45, 2.75) is 13.8 Å². The third kappa shape index (κ3) is 5.33. The van der Waals surface area contributed by atoms with Crippen molar-refractivity contribution in [3.63, 3.8) is 0 Å². The van der Waals surface area contributed by atoms with Crippen LogP contribution in [-0.4, -0.2) is 13.2 Å². The molecule has 0 amide bonds. The van der Waals surface area contributed by atoms with E-state index in [1.807, 2.05) is 13.8 Å². The summed E-state index contributed by atoms with van der Waals surface area (Å²) in [5, 5.41) is 0. The maximum Gasteiger partial charge on any atom is 0.320 e. The lowest BCUT2D eigenvalue weighted by molar-refractivity contribution is 0.0715. The van der Waals surface area contributed by atoms with Crippen molar-refractivity contribution < 1.29 is 14.2 Å². The van der Waals surface area contributed by atoms with Crippen LogP contribution in [0, 0.1) is 0 Å². The van der Waals surface area contributed by atoms with Gasteiger partial charge in [-0.15, -0.1) is 0 Å². The second kappa shape index (κ2) is 6.99. The Bertz CT molecular complexity index is 129. The Hall–Kier alpha value is -1.12. The lowest BCUT2D eigenvalue weighted by Crippen LogP contribution is -1.94. The van der Waals surface area contributed by atoms with E-state index in [0.717, 1.165) is 0 Å². The summed E-state index contributed by atoms with van der Waals surface area (Å²) in [5.74, 6) is 0.337. The highest BCUT2D eigenvalue weighted by atomic mass is 16.7. The monoisotopic (exact) mass is 158 g/mol. The van der Waals surface area contributed by atoms with Crippen molar-refractivity contribution in [3.05, 3.63) is 25.0 Å². The number of hydrogen-bond donors (Lipinski definition) is 0. The molecule has 0 atom stereocenters. The van der Waals surface area contributed by atoms with Crippen molar-refractivity contribution >= 4 is 0 Å². The Morgan fingerprint density at radius 2 is 2.09 bits per heavy atom. The first-order valence-corrected chi connectivity index (χ1v) is 3.57. The van der Waals surface area contributed by atoms with Gasteiger partial charge in [-0.2, -0.15) is 0 Å². The molecule has 0 spiro atoms. The number of hydrogen-bond acceptors (Lipinski definition) is 3. The van der Waals surface area contributed by atoms with Crippen molar-refractivity contribution in [2.24, 2.45) is 0 Å². The molecular formula is C8H14O3. The molecular weight excluding hydrogens is 144 g/mol. The lowest BCUT2D eigenvalue weighted by atomic mass is 10.8. The summed E-state index contributed by atoms with van der Waals surface area (Å²) in [4.78, 5) is 0. The molecule has 0 fully saturated rings. The predicted molar refractivity (Wildman–Crippen MR) is 42.6 cm³/mol. The molecule has 11 heavy (non-hydrogen) atoms. The molecule has 0 heterocycles. The fourth-order valence-electron chi connectivity index (χ4n) is 0.472. The highest BCUT2D eigenvalue weighted by Crippen LogP contribution is 1.99. The number of ether oxygens (including phenoxy) is 3. The van der Waals surface area contributed by atoms with Crippen LogP contribution in [0.5, 0.6) is 0 Å². The van der Waals surface area contributed by atoms with E-state index in [1.165, 1.54) is 12.5 Å². The van der Waals surface area contributed by atoms with Gasteiger partial charge in [-0.1, -0.05) is 6.58 Å². The molecule has 0 saturated carbocycles. The molecule has 0 aromatic rings. The van der Waals surface area contributed by atoms with E-state index in [9.17, 15) is 0 Å². The summed E-state index contributed by atoms with van der Waals surface area (Å²) in [7, 11) is 0. The van der Waals surface area contributed by atoms with Gasteiger partial charge >= 0.3 is 5.95 Å². The Morgan fingerprint density at radius 1 is 1.36 bits per heavy atom. The second-order valence-electron chi connectivity index (χ2n) is 1.61. The van der Waals surface area contributed by atoms with Crippen LogP contribution in [-0.2, 0) is 14.2 Å². The topological polar surface area (TPSA) is 27.7 Å². The fraction of sp³-hybridized carbons (Fsp3) is 0.500. The van der Waals surface area contributed by atoms with Crippen LogP contribution in [0.3, 0.4) is 0 Å². The normalized spacial score (nSPS) is 10.5. The molecule has 0 rings (SSSR count). The van der Waals surface area contributed by atoms with E-state index in [1.54, 1.807) is 0 Å². The minimum atomic E-state index is 0.337. The molecule has 0 aromatic carbocycles. The highest BCUT2D eigenvalue weighted by Gasteiger charge is 1.94. The molecule has 3 nitrogen and oxygen atoms in total. The smallest absolute Gasteiger partial charge is 0.320 e. The molecule has 0 aliphatic rings. The summed E-state index contributed by atoms with van der Waals surface area (Å²) in [6, 6.07) is 0. The van der Waals surface area contributed by atoms with Gasteiger partial charge < -0.3 is 14.2 Å². The fourth-order valence-corrected chi connectivity index (χ4v) is 0.472. The van der Waals surface area contributed by atoms with Crippen LogP contribution in [0.2, 0.25) is 0 Å². The quantitative estimate of drug-likeness (QED) is 0.553. The van der Waals surface area contributed by atoms with Crippen molar-refractivity contribution in [3.8, 4) is 0 Å². The van der Waals surface area contributed by atoms with Gasteiger partial charge in [-0.05, 0) is 13.8 Å². The van der Waals surface area contributed by atoms with Gasteiger partial charge in [0.25, 0.3) is 0 Å². The van der Waals surface area contributed by atoms with E-state index < -0.39 is 0 Å². The summed E-state index contributed by atoms with van der Waals surface area (Å²) >= 11 is 0. The van der Waals surface area contributed by atoms with E-state index in [0.29, 0.717) is 19.2 Å². The van der Waals surface area contributed by atoms with E-state index in [4.69, 9.17) is 14.2 Å². The molecule has 0 N–H and O–H groups in total. The first-order valence-electron chi connectivity index (χ1n) is 3.57.